The van der Waals surface area contributed by atoms with Crippen LogP contribution in [0.25, 0.3) is 0 Å². The van der Waals surface area contributed by atoms with Gasteiger partial charge < -0.3 is 10.1 Å². The molecular formula is C25H31FN6O4. The minimum absolute atomic E-state index is 0.0689. The number of aromatic amines is 1. The third-order valence-electron chi connectivity index (χ3n) is 6.33. The highest BCUT2D eigenvalue weighted by molar-refractivity contribution is 5.87. The summed E-state index contributed by atoms with van der Waals surface area (Å²) in [7, 11) is 0. The Hall–Kier alpha value is -3.76. The lowest BCUT2D eigenvalue weighted by Crippen LogP contribution is -2.50. The van der Waals surface area contributed by atoms with Crippen molar-refractivity contribution in [3.8, 4) is 5.75 Å². The highest BCUT2D eigenvalue weighted by Gasteiger charge is 2.19. The predicted octanol–water partition coefficient (Wildman–Crippen LogP) is 2.78. The molecule has 0 saturated heterocycles. The van der Waals surface area contributed by atoms with Gasteiger partial charge in [0.15, 0.2) is 0 Å². The zero-order valence-electron chi connectivity index (χ0n) is 20.5. The van der Waals surface area contributed by atoms with Gasteiger partial charge in [0.1, 0.15) is 17.7 Å². The van der Waals surface area contributed by atoms with Gasteiger partial charge in [-0.25, -0.2) is 28.5 Å². The van der Waals surface area contributed by atoms with Crippen LogP contribution in [0.15, 0.2) is 56.6 Å². The van der Waals surface area contributed by atoms with Crippen LogP contribution in [0, 0.1) is 5.92 Å². The van der Waals surface area contributed by atoms with Crippen molar-refractivity contribution in [2.75, 3.05) is 5.32 Å². The van der Waals surface area contributed by atoms with Crippen molar-refractivity contribution in [2.24, 2.45) is 10.9 Å². The number of anilines is 1. The van der Waals surface area contributed by atoms with E-state index in [0.717, 1.165) is 10.3 Å². The van der Waals surface area contributed by atoms with Gasteiger partial charge in [-0.2, -0.15) is 0 Å². The summed E-state index contributed by atoms with van der Waals surface area (Å²) in [5.74, 6) is 0.852. The molecule has 2 aliphatic carbocycles. The van der Waals surface area contributed by atoms with E-state index in [2.05, 4.69) is 20.3 Å². The van der Waals surface area contributed by atoms with Gasteiger partial charge in [-0.15, -0.1) is 0 Å². The van der Waals surface area contributed by atoms with E-state index >= 15 is 0 Å². The molecular weight excluding hydrogens is 467 g/mol. The Morgan fingerprint density at radius 2 is 2.06 bits per heavy atom. The van der Waals surface area contributed by atoms with Gasteiger partial charge >= 0.3 is 11.4 Å². The van der Waals surface area contributed by atoms with Gasteiger partial charge in [-0.05, 0) is 57.1 Å². The molecule has 0 bridgehead atoms. The monoisotopic (exact) mass is 498 g/mol. The van der Waals surface area contributed by atoms with Crippen LogP contribution >= 0.6 is 0 Å². The third-order valence-corrected chi connectivity index (χ3v) is 6.33. The van der Waals surface area contributed by atoms with Gasteiger partial charge in [-0.3, -0.25) is 14.3 Å². The number of amides is 1. The number of hydrogen-bond donors (Lipinski definition) is 2. The van der Waals surface area contributed by atoms with Crippen molar-refractivity contribution >= 4 is 11.7 Å². The summed E-state index contributed by atoms with van der Waals surface area (Å²) < 4.78 is 22.1. The minimum atomic E-state index is -0.500. The fraction of sp³-hybridized carbons (Fsp3) is 0.480. The first kappa shape index (κ1) is 25.3. The molecule has 4 rings (SSSR count). The van der Waals surface area contributed by atoms with E-state index in [4.69, 9.17) is 4.74 Å². The third kappa shape index (κ3) is 6.27. The largest absolute Gasteiger partial charge is 0.488 e. The quantitative estimate of drug-likeness (QED) is 0.608. The number of allylic oxidation sites excluding steroid dienone is 3. The average Bonchev–Trinajstić information content (AvgIpc) is 2.85. The van der Waals surface area contributed by atoms with Gasteiger partial charge in [0, 0.05) is 32.1 Å². The Balaban J connectivity index is 1.51. The van der Waals surface area contributed by atoms with Crippen LogP contribution in [0.1, 0.15) is 52.4 Å². The second-order valence-corrected chi connectivity index (χ2v) is 9.06. The maximum absolute atomic E-state index is 13.5. The molecule has 10 nitrogen and oxygen atoms in total. The number of hydrogen-bond acceptors (Lipinski definition) is 6. The normalized spacial score (nSPS) is 20.5. The molecule has 2 aliphatic rings. The molecule has 0 saturated carbocycles. The maximum atomic E-state index is 13.5. The molecule has 0 aliphatic heterocycles. The van der Waals surface area contributed by atoms with Gasteiger partial charge in [-0.1, -0.05) is 12.2 Å². The van der Waals surface area contributed by atoms with Crippen molar-refractivity contribution in [2.45, 2.75) is 71.6 Å². The van der Waals surface area contributed by atoms with Crippen LogP contribution in [0.2, 0.25) is 0 Å². The second kappa shape index (κ2) is 11.3. The number of carbonyl (C=O) groups excluding carboxylic acids is 1. The zero-order valence-corrected chi connectivity index (χ0v) is 20.5. The van der Waals surface area contributed by atoms with Crippen LogP contribution in [0.4, 0.5) is 10.2 Å². The molecule has 2 aromatic heterocycles. The molecule has 2 atom stereocenters. The summed E-state index contributed by atoms with van der Waals surface area (Å²) in [5.41, 5.74) is 0.0671. The summed E-state index contributed by atoms with van der Waals surface area (Å²) in [4.78, 5) is 48.2. The molecule has 2 N–H and O–H groups in total. The number of nitrogens with one attached hydrogen (secondary N) is 2. The fourth-order valence-electron chi connectivity index (χ4n) is 4.40. The lowest BCUT2D eigenvalue weighted by atomic mass is 9.94. The summed E-state index contributed by atoms with van der Waals surface area (Å²) in [6, 6.07) is 3.44. The minimum Gasteiger partial charge on any atom is -0.488 e. The SMILES string of the molecule is CCn1c(=O)[nH]/c(=N\C2=CCC(Oc3ccc(NC(C)=O)nc3)CC2)n(CC2CC=C(F)CC2)c1=O. The van der Waals surface area contributed by atoms with Crippen LogP contribution in [-0.2, 0) is 17.9 Å². The molecule has 2 aromatic rings. The molecule has 11 heteroatoms. The number of aromatic nitrogens is 4. The first-order valence-electron chi connectivity index (χ1n) is 12.2. The fourth-order valence-corrected chi connectivity index (χ4v) is 4.40. The van der Waals surface area contributed by atoms with Gasteiger partial charge in [0.25, 0.3) is 0 Å². The van der Waals surface area contributed by atoms with E-state index in [1.54, 1.807) is 31.3 Å². The standard InChI is InChI=1S/C25H31FN6O4/c1-3-31-24(34)30-23(32(25(31)35)15-17-4-6-18(26)7-5-17)29-19-8-10-20(11-9-19)36-21-12-13-22(27-14-21)28-16(2)33/h6,8,12-14,17,20H,3-5,7,9-11,15H2,1-2H3,(H,27,28,33)(H,29,30,34). The van der Waals surface area contributed by atoms with Crippen LogP contribution in [-0.4, -0.2) is 31.1 Å². The molecule has 36 heavy (non-hydrogen) atoms. The van der Waals surface area contributed by atoms with Gasteiger partial charge in [0.2, 0.25) is 11.5 Å². The molecule has 1 amide bonds. The Bertz CT molecular complexity index is 1350. The van der Waals surface area contributed by atoms with E-state index in [-0.39, 0.29) is 35.9 Å². The molecule has 0 aromatic carbocycles. The lowest BCUT2D eigenvalue weighted by Gasteiger charge is -2.22. The summed E-state index contributed by atoms with van der Waals surface area (Å²) in [6.07, 6.45) is 8.48. The van der Waals surface area contributed by atoms with Crippen molar-refractivity contribution in [1.29, 1.82) is 0 Å². The highest BCUT2D eigenvalue weighted by atomic mass is 19.1. The number of H-pyrrole nitrogens is 1. The molecule has 2 heterocycles. The lowest BCUT2D eigenvalue weighted by molar-refractivity contribution is -0.114. The van der Waals surface area contributed by atoms with Crippen molar-refractivity contribution in [3.63, 3.8) is 0 Å². The number of pyridine rings is 1. The number of ether oxygens (including phenoxy) is 1. The molecule has 0 spiro atoms. The Labute approximate surface area is 207 Å². The molecule has 2 unspecified atom stereocenters. The van der Waals surface area contributed by atoms with Crippen molar-refractivity contribution in [1.82, 2.24) is 19.1 Å². The van der Waals surface area contributed by atoms with Crippen LogP contribution < -0.4 is 27.1 Å². The second-order valence-electron chi connectivity index (χ2n) is 9.06. The van der Waals surface area contributed by atoms with E-state index in [1.165, 1.54) is 11.5 Å². The Kier molecular flexibility index (Phi) is 7.97. The first-order valence-corrected chi connectivity index (χ1v) is 12.2. The van der Waals surface area contributed by atoms with Crippen molar-refractivity contribution < 1.29 is 13.9 Å². The Morgan fingerprint density at radius 3 is 2.67 bits per heavy atom. The maximum Gasteiger partial charge on any atom is 0.334 e. The summed E-state index contributed by atoms with van der Waals surface area (Å²) >= 11 is 0. The molecule has 0 radical (unpaired) electrons. The first-order chi connectivity index (χ1) is 17.3. The van der Waals surface area contributed by atoms with Crippen molar-refractivity contribution in [3.05, 3.63) is 68.6 Å². The number of rotatable bonds is 7. The molecule has 192 valence electrons. The van der Waals surface area contributed by atoms with E-state index < -0.39 is 11.4 Å². The predicted molar refractivity (Wildman–Crippen MR) is 132 cm³/mol. The number of carbonyl (C=O) groups is 1. The van der Waals surface area contributed by atoms with Gasteiger partial charge in [0.05, 0.1) is 12.0 Å². The van der Waals surface area contributed by atoms with E-state index in [0.29, 0.717) is 56.6 Å². The average molecular weight is 499 g/mol. The van der Waals surface area contributed by atoms with E-state index in [9.17, 15) is 18.8 Å². The van der Waals surface area contributed by atoms with E-state index in [1.807, 2.05) is 6.08 Å². The summed E-state index contributed by atoms with van der Waals surface area (Å²) in [5, 5.41) is 2.61. The smallest absolute Gasteiger partial charge is 0.334 e. The topological polar surface area (TPSA) is 123 Å². The zero-order chi connectivity index (χ0) is 25.7. The van der Waals surface area contributed by atoms with Crippen LogP contribution in [0.3, 0.4) is 0 Å². The molecule has 0 fully saturated rings. The number of nitrogens with zero attached hydrogens (tertiary/aromatic N) is 4. The summed E-state index contributed by atoms with van der Waals surface area (Å²) in [6.45, 7) is 3.77. The Morgan fingerprint density at radius 1 is 1.22 bits per heavy atom. The number of halogens is 1. The van der Waals surface area contributed by atoms with Crippen LogP contribution in [0.5, 0.6) is 5.75 Å². The highest BCUT2D eigenvalue weighted by Crippen LogP contribution is 2.25.